The Hall–Kier alpha value is -1.46. The van der Waals surface area contributed by atoms with E-state index in [4.69, 9.17) is 25.9 Å². The average Bonchev–Trinajstić information content (AvgIpc) is 2.97. The van der Waals surface area contributed by atoms with E-state index in [9.17, 15) is 4.79 Å². The number of hydroxylamine groups is 1. The molecule has 5 nitrogen and oxygen atoms in total. The largest absolute Gasteiger partial charge is 0.493 e. The Labute approximate surface area is 123 Å². The van der Waals surface area contributed by atoms with Gasteiger partial charge in [-0.1, -0.05) is 24.4 Å². The van der Waals surface area contributed by atoms with E-state index < -0.39 is 0 Å². The quantitative estimate of drug-likeness (QED) is 0.849. The molecule has 1 aliphatic carbocycles. The summed E-state index contributed by atoms with van der Waals surface area (Å²) >= 11 is 6.06. The van der Waals surface area contributed by atoms with Crippen LogP contribution >= 0.6 is 11.6 Å². The number of carbonyl (C=O) groups excluding carboxylic acids is 1. The van der Waals surface area contributed by atoms with Crippen molar-refractivity contribution in [2.45, 2.75) is 31.8 Å². The van der Waals surface area contributed by atoms with Gasteiger partial charge < -0.3 is 9.47 Å². The monoisotopic (exact) mass is 299 g/mol. The number of benzene rings is 1. The van der Waals surface area contributed by atoms with Gasteiger partial charge in [0.2, 0.25) is 0 Å². The predicted octanol–water partition coefficient (Wildman–Crippen LogP) is 2.96. The van der Waals surface area contributed by atoms with Crippen LogP contribution in [-0.2, 0) is 4.84 Å². The first kappa shape index (κ1) is 14.9. The van der Waals surface area contributed by atoms with Crippen molar-refractivity contribution in [3.63, 3.8) is 0 Å². The summed E-state index contributed by atoms with van der Waals surface area (Å²) in [7, 11) is 2.98. The van der Waals surface area contributed by atoms with Gasteiger partial charge in [-0.05, 0) is 25.0 Å². The molecule has 1 amide bonds. The number of ether oxygens (including phenoxy) is 2. The van der Waals surface area contributed by atoms with Crippen LogP contribution in [0.1, 0.15) is 36.0 Å². The van der Waals surface area contributed by atoms with E-state index >= 15 is 0 Å². The number of rotatable bonds is 5. The van der Waals surface area contributed by atoms with Crippen LogP contribution in [0.3, 0.4) is 0 Å². The molecule has 2 rings (SSSR count). The van der Waals surface area contributed by atoms with Gasteiger partial charge in [-0.2, -0.15) is 0 Å². The molecule has 1 fully saturated rings. The fraction of sp³-hybridized carbons (Fsp3) is 0.500. The summed E-state index contributed by atoms with van der Waals surface area (Å²) in [6.07, 6.45) is 4.35. The summed E-state index contributed by atoms with van der Waals surface area (Å²) in [5, 5.41) is 0.317. The number of halogens is 1. The van der Waals surface area contributed by atoms with Crippen molar-refractivity contribution in [1.29, 1.82) is 0 Å². The predicted molar refractivity (Wildman–Crippen MR) is 75.4 cm³/mol. The molecule has 0 unspecified atom stereocenters. The van der Waals surface area contributed by atoms with Crippen molar-refractivity contribution in [2.24, 2.45) is 0 Å². The minimum absolute atomic E-state index is 0.106. The van der Waals surface area contributed by atoms with Crippen molar-refractivity contribution in [3.8, 4) is 11.5 Å². The van der Waals surface area contributed by atoms with Crippen LogP contribution < -0.4 is 15.0 Å². The standard InChI is InChI=1S/C14H18ClNO4/c1-18-12-8-9(7-11(15)13(12)19-2)14(17)16-20-10-5-3-4-6-10/h7-8,10H,3-6H2,1-2H3,(H,16,17). The first-order valence-corrected chi connectivity index (χ1v) is 6.91. The number of hydrogen-bond acceptors (Lipinski definition) is 4. The van der Waals surface area contributed by atoms with Crippen LogP contribution in [0.25, 0.3) is 0 Å². The van der Waals surface area contributed by atoms with Gasteiger partial charge in [-0.25, -0.2) is 5.48 Å². The molecule has 0 atom stereocenters. The van der Waals surface area contributed by atoms with E-state index in [1.54, 1.807) is 6.07 Å². The van der Waals surface area contributed by atoms with Crippen LogP contribution in [0.2, 0.25) is 5.02 Å². The molecule has 0 bridgehead atoms. The summed E-state index contributed by atoms with van der Waals surface area (Å²) in [6.45, 7) is 0. The van der Waals surface area contributed by atoms with Crippen molar-refractivity contribution in [1.82, 2.24) is 5.48 Å². The molecule has 1 aliphatic rings. The zero-order chi connectivity index (χ0) is 14.5. The minimum Gasteiger partial charge on any atom is -0.493 e. The van der Waals surface area contributed by atoms with Crippen LogP contribution in [0.4, 0.5) is 0 Å². The normalized spacial score (nSPS) is 15.2. The number of amides is 1. The highest BCUT2D eigenvalue weighted by atomic mass is 35.5. The average molecular weight is 300 g/mol. The third-order valence-electron chi connectivity index (χ3n) is 3.32. The molecule has 0 heterocycles. The molecule has 0 spiro atoms. The lowest BCUT2D eigenvalue weighted by Crippen LogP contribution is -2.28. The first-order valence-electron chi connectivity index (χ1n) is 6.53. The molecular formula is C14H18ClNO4. The Morgan fingerprint density at radius 3 is 2.55 bits per heavy atom. The maximum atomic E-state index is 12.0. The van der Waals surface area contributed by atoms with Crippen LogP contribution in [0.15, 0.2) is 12.1 Å². The molecule has 1 aromatic carbocycles. The van der Waals surface area contributed by atoms with Crippen LogP contribution in [0, 0.1) is 0 Å². The van der Waals surface area contributed by atoms with E-state index in [1.165, 1.54) is 20.3 Å². The van der Waals surface area contributed by atoms with Crippen molar-refractivity contribution < 1.29 is 19.1 Å². The summed E-state index contributed by atoms with van der Waals surface area (Å²) in [4.78, 5) is 17.4. The molecule has 6 heteroatoms. The lowest BCUT2D eigenvalue weighted by Gasteiger charge is -2.13. The number of nitrogens with one attached hydrogen (secondary N) is 1. The Kier molecular flexibility index (Phi) is 5.09. The van der Waals surface area contributed by atoms with Gasteiger partial charge in [-0.15, -0.1) is 0 Å². The zero-order valence-corrected chi connectivity index (χ0v) is 12.3. The van der Waals surface area contributed by atoms with Crippen molar-refractivity contribution >= 4 is 17.5 Å². The van der Waals surface area contributed by atoms with Crippen molar-refractivity contribution in [2.75, 3.05) is 14.2 Å². The van der Waals surface area contributed by atoms with Gasteiger partial charge in [0, 0.05) is 5.56 Å². The first-order chi connectivity index (χ1) is 9.65. The lowest BCUT2D eigenvalue weighted by molar-refractivity contribution is -0.0125. The van der Waals surface area contributed by atoms with E-state index in [0.29, 0.717) is 22.1 Å². The molecule has 110 valence electrons. The van der Waals surface area contributed by atoms with E-state index in [1.807, 2.05) is 0 Å². The van der Waals surface area contributed by atoms with Gasteiger partial charge in [-0.3, -0.25) is 9.63 Å². The molecule has 0 aromatic heterocycles. The second-order valence-corrected chi connectivity index (χ2v) is 5.06. The maximum Gasteiger partial charge on any atom is 0.275 e. The van der Waals surface area contributed by atoms with Gasteiger partial charge in [0.05, 0.1) is 25.3 Å². The number of carbonyl (C=O) groups is 1. The second-order valence-electron chi connectivity index (χ2n) is 4.65. The fourth-order valence-corrected chi connectivity index (χ4v) is 2.54. The molecule has 1 aromatic rings. The third-order valence-corrected chi connectivity index (χ3v) is 3.60. The lowest BCUT2D eigenvalue weighted by atomic mass is 10.2. The Morgan fingerprint density at radius 1 is 1.25 bits per heavy atom. The van der Waals surface area contributed by atoms with Gasteiger partial charge >= 0.3 is 0 Å². The molecule has 20 heavy (non-hydrogen) atoms. The topological polar surface area (TPSA) is 56.8 Å². The molecule has 1 saturated carbocycles. The maximum absolute atomic E-state index is 12.0. The van der Waals surface area contributed by atoms with Gasteiger partial charge in [0.1, 0.15) is 0 Å². The molecule has 0 saturated heterocycles. The Balaban J connectivity index is 2.07. The summed E-state index contributed by atoms with van der Waals surface area (Å²) in [5.41, 5.74) is 2.83. The highest BCUT2D eigenvalue weighted by Crippen LogP contribution is 2.36. The van der Waals surface area contributed by atoms with Gasteiger partial charge in [0.15, 0.2) is 11.5 Å². The Bertz CT molecular complexity index is 486. The highest BCUT2D eigenvalue weighted by molar-refractivity contribution is 6.32. The summed E-state index contributed by atoms with van der Waals surface area (Å²) in [6, 6.07) is 3.09. The molecule has 0 radical (unpaired) electrons. The minimum atomic E-state index is -0.347. The highest BCUT2D eigenvalue weighted by Gasteiger charge is 2.19. The zero-order valence-electron chi connectivity index (χ0n) is 11.6. The molecular weight excluding hydrogens is 282 g/mol. The van der Waals surface area contributed by atoms with Crippen LogP contribution in [0.5, 0.6) is 11.5 Å². The number of hydrogen-bond donors (Lipinski definition) is 1. The molecule has 1 N–H and O–H groups in total. The Morgan fingerprint density at radius 2 is 1.95 bits per heavy atom. The molecule has 0 aliphatic heterocycles. The number of methoxy groups -OCH3 is 2. The van der Waals surface area contributed by atoms with Crippen molar-refractivity contribution in [3.05, 3.63) is 22.7 Å². The summed E-state index contributed by atoms with van der Waals surface area (Å²) < 4.78 is 10.3. The van der Waals surface area contributed by atoms with Crippen LogP contribution in [-0.4, -0.2) is 26.2 Å². The van der Waals surface area contributed by atoms with Gasteiger partial charge in [0.25, 0.3) is 5.91 Å². The van der Waals surface area contributed by atoms with E-state index in [-0.39, 0.29) is 12.0 Å². The fourth-order valence-electron chi connectivity index (χ4n) is 2.25. The SMILES string of the molecule is COc1cc(C(=O)NOC2CCCC2)cc(Cl)c1OC. The summed E-state index contributed by atoms with van der Waals surface area (Å²) in [5.74, 6) is 0.466. The van der Waals surface area contributed by atoms with E-state index in [2.05, 4.69) is 5.48 Å². The second kappa shape index (κ2) is 6.81. The third kappa shape index (κ3) is 3.35. The smallest absolute Gasteiger partial charge is 0.275 e. The van der Waals surface area contributed by atoms with E-state index in [0.717, 1.165) is 25.7 Å².